The third kappa shape index (κ3) is 7.22. The summed E-state index contributed by atoms with van der Waals surface area (Å²) in [6.45, 7) is 6.93. The average Bonchev–Trinajstić information content (AvgIpc) is 2.95. The highest BCUT2D eigenvalue weighted by Gasteiger charge is 2.36. The maximum atomic E-state index is 12.5. The van der Waals surface area contributed by atoms with Gasteiger partial charge >= 0.3 is 12.1 Å². The normalized spacial score (nSPS) is 19.3. The number of aliphatic carboxylic acids is 1. The number of aromatic nitrogens is 2. The van der Waals surface area contributed by atoms with Crippen LogP contribution in [0.1, 0.15) is 44.7 Å². The van der Waals surface area contributed by atoms with E-state index in [-0.39, 0.29) is 19.2 Å². The summed E-state index contributed by atoms with van der Waals surface area (Å²) in [6.07, 6.45) is 10.4. The van der Waals surface area contributed by atoms with E-state index in [9.17, 15) is 14.7 Å². The molecule has 0 fully saturated rings. The second-order valence-corrected chi connectivity index (χ2v) is 11.3. The number of benzene rings is 1. The Balaban J connectivity index is 1.59. The van der Waals surface area contributed by atoms with Crippen molar-refractivity contribution in [2.75, 3.05) is 29.9 Å². The SMILES string of the molecule is CN(CC(NC(=O)OCc1ccccc1)C(=O)O)c1ncnc(N2C(N)=CC=CC2C2CC=NCC2)c1C(C)(C)C. The molecule has 4 rings (SSSR count). The van der Waals surface area contributed by atoms with Gasteiger partial charge in [-0.1, -0.05) is 63.3 Å². The van der Waals surface area contributed by atoms with E-state index in [2.05, 4.69) is 47.0 Å². The van der Waals surface area contributed by atoms with E-state index in [1.54, 1.807) is 11.9 Å². The fourth-order valence-corrected chi connectivity index (χ4v) is 5.17. The topological polar surface area (TPSA) is 146 Å². The van der Waals surface area contributed by atoms with Gasteiger partial charge in [0.2, 0.25) is 0 Å². The molecule has 2 aromatic rings. The van der Waals surface area contributed by atoms with Gasteiger partial charge < -0.3 is 30.7 Å². The van der Waals surface area contributed by atoms with Gasteiger partial charge in [0, 0.05) is 19.2 Å². The van der Waals surface area contributed by atoms with Gasteiger partial charge in [-0.15, -0.1) is 0 Å². The van der Waals surface area contributed by atoms with E-state index in [0.717, 1.165) is 30.5 Å². The van der Waals surface area contributed by atoms with E-state index >= 15 is 0 Å². The van der Waals surface area contributed by atoms with E-state index in [1.807, 2.05) is 48.7 Å². The Labute approximate surface area is 240 Å². The minimum absolute atomic E-state index is 0.0197. The number of nitrogens with two attached hydrogens (primary N) is 1. The van der Waals surface area contributed by atoms with Gasteiger partial charge in [0.25, 0.3) is 0 Å². The lowest BCUT2D eigenvalue weighted by molar-refractivity contribution is -0.139. The zero-order valence-corrected chi connectivity index (χ0v) is 24.0. The summed E-state index contributed by atoms with van der Waals surface area (Å²) in [5.41, 5.74) is 7.77. The Morgan fingerprint density at radius 3 is 2.66 bits per heavy atom. The molecule has 4 N–H and O–H groups in total. The number of aliphatic imine (C=N–C) groups is 1. The molecule has 0 bridgehead atoms. The molecule has 1 aromatic carbocycles. The van der Waals surface area contributed by atoms with Crippen molar-refractivity contribution < 1.29 is 19.4 Å². The molecule has 2 aliphatic rings. The van der Waals surface area contributed by atoms with Gasteiger partial charge in [-0.3, -0.25) is 4.99 Å². The van der Waals surface area contributed by atoms with E-state index in [1.165, 1.54) is 6.33 Å². The highest BCUT2D eigenvalue weighted by Crippen LogP contribution is 2.40. The summed E-state index contributed by atoms with van der Waals surface area (Å²) in [6, 6.07) is 7.92. The molecule has 3 atom stereocenters. The first-order valence-corrected chi connectivity index (χ1v) is 13.7. The van der Waals surface area contributed by atoms with Crippen LogP contribution in [0.2, 0.25) is 0 Å². The van der Waals surface area contributed by atoms with Crippen molar-refractivity contribution in [2.24, 2.45) is 16.6 Å². The van der Waals surface area contributed by atoms with E-state index < -0.39 is 23.5 Å². The van der Waals surface area contributed by atoms with Crippen molar-refractivity contribution in [2.45, 2.75) is 57.7 Å². The van der Waals surface area contributed by atoms with Crippen LogP contribution in [-0.4, -0.2) is 65.6 Å². The minimum Gasteiger partial charge on any atom is -0.480 e. The highest BCUT2D eigenvalue weighted by atomic mass is 16.5. The number of nitrogens with one attached hydrogen (secondary N) is 1. The Kier molecular flexibility index (Phi) is 9.26. The number of ether oxygens (including phenoxy) is 1. The molecule has 2 aliphatic heterocycles. The smallest absolute Gasteiger partial charge is 0.408 e. The number of amides is 1. The van der Waals surface area contributed by atoms with Crippen LogP contribution in [0.25, 0.3) is 0 Å². The number of rotatable bonds is 9. The Bertz CT molecular complexity index is 1320. The fourth-order valence-electron chi connectivity index (χ4n) is 5.17. The van der Waals surface area contributed by atoms with Crippen molar-refractivity contribution in [1.29, 1.82) is 0 Å². The van der Waals surface area contributed by atoms with E-state index in [4.69, 9.17) is 15.5 Å². The third-order valence-corrected chi connectivity index (χ3v) is 7.21. The van der Waals surface area contributed by atoms with Crippen LogP contribution in [0.5, 0.6) is 0 Å². The van der Waals surface area contributed by atoms with Gasteiger partial charge in [-0.05, 0) is 42.0 Å². The van der Waals surface area contributed by atoms with Gasteiger partial charge in [-0.2, -0.15) is 0 Å². The number of hydrogen-bond donors (Lipinski definition) is 3. The average molecular weight is 562 g/mol. The molecule has 0 aliphatic carbocycles. The molecule has 3 unspecified atom stereocenters. The molecule has 1 amide bonds. The number of alkyl carbamates (subject to hydrolysis) is 1. The number of hydrogen-bond acceptors (Lipinski definition) is 9. The molecule has 41 heavy (non-hydrogen) atoms. The molecular formula is C30H39N7O4. The van der Waals surface area contributed by atoms with Crippen molar-refractivity contribution in [3.63, 3.8) is 0 Å². The number of anilines is 2. The van der Waals surface area contributed by atoms with Crippen molar-refractivity contribution in [3.8, 4) is 0 Å². The first-order valence-electron chi connectivity index (χ1n) is 13.7. The number of carboxylic acid groups (broad SMARTS) is 1. The lowest BCUT2D eigenvalue weighted by atomic mass is 9.84. The predicted molar refractivity (Wildman–Crippen MR) is 159 cm³/mol. The molecule has 0 saturated carbocycles. The summed E-state index contributed by atoms with van der Waals surface area (Å²) >= 11 is 0. The standard InChI is InChI=1S/C30H39N7O4/c1-30(2,3)25-26(36(4)17-22(28(38)39)35-29(40)41-18-20-9-6-5-7-10-20)33-19-34-27(25)37-23(11-8-12-24(37)31)21-13-15-32-16-14-21/h5-12,15,19,21-23H,13-14,16-18,31H2,1-4H3,(H,35,40)(H,38,39). The Morgan fingerprint density at radius 2 is 2.00 bits per heavy atom. The number of allylic oxidation sites excluding steroid dienone is 2. The molecule has 3 heterocycles. The minimum atomic E-state index is -1.24. The van der Waals surface area contributed by atoms with Crippen molar-refractivity contribution >= 4 is 29.9 Å². The number of carboxylic acids is 1. The molecule has 0 radical (unpaired) electrons. The van der Waals surface area contributed by atoms with Crippen LogP contribution in [0.3, 0.4) is 0 Å². The molecule has 0 spiro atoms. The molecule has 1 aromatic heterocycles. The van der Waals surface area contributed by atoms with Crippen LogP contribution in [0.4, 0.5) is 16.4 Å². The zero-order chi connectivity index (χ0) is 29.6. The predicted octanol–water partition coefficient (Wildman–Crippen LogP) is 3.62. The lowest BCUT2D eigenvalue weighted by Crippen LogP contribution is -2.49. The number of likely N-dealkylation sites (N-methyl/N-ethyl adjacent to an activating group) is 1. The van der Waals surface area contributed by atoms with Crippen molar-refractivity contribution in [1.82, 2.24) is 15.3 Å². The second kappa shape index (κ2) is 12.8. The van der Waals surface area contributed by atoms with Gasteiger partial charge in [0.1, 0.15) is 36.4 Å². The van der Waals surface area contributed by atoms with Crippen LogP contribution in [0.15, 0.2) is 65.7 Å². The molecular weight excluding hydrogens is 522 g/mol. The van der Waals surface area contributed by atoms with Crippen LogP contribution >= 0.6 is 0 Å². The summed E-state index contributed by atoms with van der Waals surface area (Å²) in [5, 5.41) is 12.4. The first kappa shape index (κ1) is 29.6. The monoisotopic (exact) mass is 561 g/mol. The Hall–Kier alpha value is -4.41. The van der Waals surface area contributed by atoms with Crippen LogP contribution < -0.4 is 20.9 Å². The second-order valence-electron chi connectivity index (χ2n) is 11.3. The molecule has 0 saturated heterocycles. The summed E-state index contributed by atoms with van der Waals surface area (Å²) in [5.74, 6) is 0.917. The molecule has 218 valence electrons. The largest absolute Gasteiger partial charge is 0.480 e. The third-order valence-electron chi connectivity index (χ3n) is 7.21. The number of carbonyl (C=O) groups excluding carboxylic acids is 1. The summed E-state index contributed by atoms with van der Waals surface area (Å²) in [4.78, 5) is 42.1. The number of carbonyl (C=O) groups is 2. The van der Waals surface area contributed by atoms with E-state index in [0.29, 0.717) is 23.4 Å². The highest BCUT2D eigenvalue weighted by molar-refractivity contribution is 5.81. The zero-order valence-electron chi connectivity index (χ0n) is 24.0. The quantitative estimate of drug-likeness (QED) is 0.418. The maximum absolute atomic E-state index is 12.5. The summed E-state index contributed by atoms with van der Waals surface area (Å²) in [7, 11) is 1.75. The molecule has 11 nitrogen and oxygen atoms in total. The lowest BCUT2D eigenvalue weighted by Gasteiger charge is -2.41. The van der Waals surface area contributed by atoms with Crippen LogP contribution in [-0.2, 0) is 21.6 Å². The first-order chi connectivity index (χ1) is 19.6. The fraction of sp³-hybridized carbons (Fsp3) is 0.433. The maximum Gasteiger partial charge on any atom is 0.408 e. The van der Waals surface area contributed by atoms with Gasteiger partial charge in [0.15, 0.2) is 0 Å². The van der Waals surface area contributed by atoms with Crippen molar-refractivity contribution in [3.05, 3.63) is 71.8 Å². The van der Waals surface area contributed by atoms with Crippen LogP contribution in [0, 0.1) is 5.92 Å². The van der Waals surface area contributed by atoms with Gasteiger partial charge in [0.05, 0.1) is 12.6 Å². The van der Waals surface area contributed by atoms with Gasteiger partial charge in [-0.25, -0.2) is 19.6 Å². The Morgan fingerprint density at radius 1 is 1.24 bits per heavy atom. The molecule has 11 heteroatoms. The number of nitrogens with zero attached hydrogens (tertiary/aromatic N) is 5. The summed E-state index contributed by atoms with van der Waals surface area (Å²) < 4.78 is 5.25.